The van der Waals surface area contributed by atoms with E-state index in [0.29, 0.717) is 36.9 Å². The van der Waals surface area contributed by atoms with E-state index in [1.165, 1.54) is 11.9 Å². The number of likely N-dealkylation sites (N-methyl/N-ethyl adjacent to an activating group) is 2. The minimum Gasteiger partial charge on any atom is -0.493 e. The van der Waals surface area contributed by atoms with Gasteiger partial charge in [0.15, 0.2) is 0 Å². The highest BCUT2D eigenvalue weighted by Gasteiger charge is 2.39. The summed E-state index contributed by atoms with van der Waals surface area (Å²) in [5.74, 6) is 0.657. The molecule has 2 aromatic carbocycles. The van der Waals surface area contributed by atoms with Gasteiger partial charge in [-0.05, 0) is 36.1 Å². The molecule has 0 aliphatic carbocycles. The van der Waals surface area contributed by atoms with E-state index in [0.717, 1.165) is 16.9 Å². The van der Waals surface area contributed by atoms with Crippen LogP contribution in [0.5, 0.6) is 5.75 Å². The molecule has 0 unspecified atom stereocenters. The van der Waals surface area contributed by atoms with Gasteiger partial charge in [0.2, 0.25) is 0 Å². The molecular weight excluding hydrogens is 364 g/mol. The molecule has 1 aliphatic heterocycles. The lowest BCUT2D eigenvalue weighted by molar-refractivity contribution is -0.135. The van der Waals surface area contributed by atoms with Crippen LogP contribution >= 0.6 is 0 Å². The third kappa shape index (κ3) is 4.50. The van der Waals surface area contributed by atoms with Gasteiger partial charge in [0, 0.05) is 20.1 Å². The fourth-order valence-corrected chi connectivity index (χ4v) is 3.31. The van der Waals surface area contributed by atoms with Crippen molar-refractivity contribution in [2.75, 3.05) is 20.2 Å². The van der Waals surface area contributed by atoms with Gasteiger partial charge in [0.25, 0.3) is 11.8 Å². The van der Waals surface area contributed by atoms with E-state index < -0.39 is 0 Å². The standard InChI is InChI=1S/C24H28N2O3/c1-5-26(15-18-9-7-6-8-10-18)22-21(23(27)25(4)24(22)28)19-11-13-20(14-12-19)29-16-17(2)3/h6-14,17H,5,15-16H2,1-4H3. The van der Waals surface area contributed by atoms with Crippen LogP contribution < -0.4 is 4.74 Å². The number of hydrogen-bond donors (Lipinski definition) is 0. The highest BCUT2D eigenvalue weighted by Crippen LogP contribution is 2.32. The largest absolute Gasteiger partial charge is 0.493 e. The molecule has 5 heteroatoms. The SMILES string of the molecule is CCN(Cc1ccccc1)C1=C(c2ccc(OCC(C)C)cc2)C(=O)N(C)C1=O. The molecule has 0 spiro atoms. The average Bonchev–Trinajstić information content (AvgIpc) is 2.95. The maximum absolute atomic E-state index is 12.9. The van der Waals surface area contributed by atoms with Gasteiger partial charge in [-0.15, -0.1) is 0 Å². The molecule has 0 aromatic heterocycles. The van der Waals surface area contributed by atoms with Crippen LogP contribution in [0.25, 0.3) is 5.57 Å². The second-order valence-electron chi connectivity index (χ2n) is 7.62. The molecule has 3 rings (SSSR count). The summed E-state index contributed by atoms with van der Waals surface area (Å²) in [5.41, 5.74) is 2.73. The van der Waals surface area contributed by atoms with Crippen LogP contribution in [0.4, 0.5) is 0 Å². The predicted octanol–water partition coefficient (Wildman–Crippen LogP) is 3.95. The molecule has 0 radical (unpaired) electrons. The zero-order chi connectivity index (χ0) is 21.0. The first-order chi connectivity index (χ1) is 13.9. The van der Waals surface area contributed by atoms with Gasteiger partial charge in [-0.2, -0.15) is 0 Å². The van der Waals surface area contributed by atoms with Gasteiger partial charge in [0.1, 0.15) is 11.4 Å². The molecule has 1 aliphatic rings. The second kappa shape index (κ2) is 8.95. The van der Waals surface area contributed by atoms with E-state index in [2.05, 4.69) is 13.8 Å². The van der Waals surface area contributed by atoms with Gasteiger partial charge >= 0.3 is 0 Å². The molecule has 1 heterocycles. The van der Waals surface area contributed by atoms with Crippen molar-refractivity contribution in [1.82, 2.24) is 9.80 Å². The Morgan fingerprint density at radius 3 is 2.21 bits per heavy atom. The number of hydrogen-bond acceptors (Lipinski definition) is 4. The number of benzene rings is 2. The lowest BCUT2D eigenvalue weighted by Gasteiger charge is -2.24. The van der Waals surface area contributed by atoms with Crippen molar-refractivity contribution < 1.29 is 14.3 Å². The van der Waals surface area contributed by atoms with E-state index in [9.17, 15) is 9.59 Å². The molecule has 152 valence electrons. The highest BCUT2D eigenvalue weighted by molar-refractivity contribution is 6.35. The van der Waals surface area contributed by atoms with Crippen molar-refractivity contribution in [3.63, 3.8) is 0 Å². The summed E-state index contributed by atoms with van der Waals surface area (Å²) in [5, 5.41) is 0. The van der Waals surface area contributed by atoms with E-state index in [1.807, 2.05) is 66.4 Å². The van der Waals surface area contributed by atoms with Gasteiger partial charge in [-0.1, -0.05) is 56.3 Å². The molecule has 2 amide bonds. The Labute approximate surface area is 172 Å². The Balaban J connectivity index is 1.96. The highest BCUT2D eigenvalue weighted by atomic mass is 16.5. The van der Waals surface area contributed by atoms with Crippen molar-refractivity contribution in [3.8, 4) is 5.75 Å². The van der Waals surface area contributed by atoms with Gasteiger partial charge in [-0.25, -0.2) is 0 Å². The summed E-state index contributed by atoms with van der Waals surface area (Å²) in [4.78, 5) is 29.0. The normalized spacial score (nSPS) is 14.2. The topological polar surface area (TPSA) is 49.9 Å². The molecule has 2 aromatic rings. The molecular formula is C24H28N2O3. The number of rotatable bonds is 8. The molecule has 0 saturated heterocycles. The fourth-order valence-electron chi connectivity index (χ4n) is 3.31. The van der Waals surface area contributed by atoms with Crippen LogP contribution in [0.1, 0.15) is 31.9 Å². The third-order valence-electron chi connectivity index (χ3n) is 4.90. The van der Waals surface area contributed by atoms with E-state index in [4.69, 9.17) is 4.74 Å². The van der Waals surface area contributed by atoms with Crippen LogP contribution in [0.15, 0.2) is 60.3 Å². The number of nitrogens with zero attached hydrogens (tertiary/aromatic N) is 2. The maximum atomic E-state index is 12.9. The van der Waals surface area contributed by atoms with Crippen LogP contribution in [0.2, 0.25) is 0 Å². The number of carbonyl (C=O) groups is 2. The predicted molar refractivity (Wildman–Crippen MR) is 114 cm³/mol. The first-order valence-electron chi connectivity index (χ1n) is 10.0. The van der Waals surface area contributed by atoms with Crippen molar-refractivity contribution in [3.05, 3.63) is 71.4 Å². The number of carbonyl (C=O) groups excluding carboxylic acids is 2. The quantitative estimate of drug-likeness (QED) is 0.638. The smallest absolute Gasteiger partial charge is 0.277 e. The summed E-state index contributed by atoms with van der Waals surface area (Å²) in [6.07, 6.45) is 0. The van der Waals surface area contributed by atoms with Gasteiger partial charge < -0.3 is 9.64 Å². The minimum atomic E-state index is -0.271. The van der Waals surface area contributed by atoms with Crippen molar-refractivity contribution in [1.29, 1.82) is 0 Å². The Kier molecular flexibility index (Phi) is 6.37. The van der Waals surface area contributed by atoms with Crippen molar-refractivity contribution in [2.24, 2.45) is 5.92 Å². The zero-order valence-corrected chi connectivity index (χ0v) is 17.5. The van der Waals surface area contributed by atoms with Crippen LogP contribution in [-0.2, 0) is 16.1 Å². The summed E-state index contributed by atoms with van der Waals surface area (Å²) < 4.78 is 5.74. The minimum absolute atomic E-state index is 0.261. The number of imide groups is 1. The number of ether oxygens (including phenoxy) is 1. The first kappa shape index (κ1) is 20.6. The Hall–Kier alpha value is -3.08. The molecule has 0 atom stereocenters. The van der Waals surface area contributed by atoms with Gasteiger partial charge in [0.05, 0.1) is 12.2 Å². The fraction of sp³-hybridized carbons (Fsp3) is 0.333. The van der Waals surface area contributed by atoms with E-state index in [-0.39, 0.29) is 11.8 Å². The zero-order valence-electron chi connectivity index (χ0n) is 17.5. The van der Waals surface area contributed by atoms with E-state index >= 15 is 0 Å². The Morgan fingerprint density at radius 2 is 1.62 bits per heavy atom. The average molecular weight is 392 g/mol. The summed E-state index contributed by atoms with van der Waals surface area (Å²) >= 11 is 0. The van der Waals surface area contributed by atoms with Crippen LogP contribution in [0, 0.1) is 5.92 Å². The van der Waals surface area contributed by atoms with Crippen LogP contribution in [-0.4, -0.2) is 41.8 Å². The molecule has 5 nitrogen and oxygen atoms in total. The second-order valence-corrected chi connectivity index (χ2v) is 7.62. The van der Waals surface area contributed by atoms with E-state index in [1.54, 1.807) is 0 Å². The molecule has 29 heavy (non-hydrogen) atoms. The van der Waals surface area contributed by atoms with Crippen molar-refractivity contribution in [2.45, 2.75) is 27.3 Å². The molecule has 0 fully saturated rings. The summed E-state index contributed by atoms with van der Waals surface area (Å²) in [6.45, 7) is 8.00. The monoisotopic (exact) mass is 392 g/mol. The number of amides is 2. The Bertz CT molecular complexity index is 901. The molecule has 0 bridgehead atoms. The van der Waals surface area contributed by atoms with Crippen molar-refractivity contribution >= 4 is 17.4 Å². The third-order valence-corrected chi connectivity index (χ3v) is 4.90. The van der Waals surface area contributed by atoms with Crippen LogP contribution in [0.3, 0.4) is 0 Å². The molecule has 0 N–H and O–H groups in total. The molecule has 0 saturated carbocycles. The Morgan fingerprint density at radius 1 is 0.966 bits per heavy atom. The lowest BCUT2D eigenvalue weighted by Crippen LogP contribution is -2.32. The lowest BCUT2D eigenvalue weighted by atomic mass is 10.0. The summed E-state index contributed by atoms with van der Waals surface area (Å²) in [7, 11) is 1.54. The van der Waals surface area contributed by atoms with Gasteiger partial charge in [-0.3, -0.25) is 14.5 Å². The maximum Gasteiger partial charge on any atom is 0.277 e. The summed E-state index contributed by atoms with van der Waals surface area (Å²) in [6, 6.07) is 17.4. The first-order valence-corrected chi connectivity index (χ1v) is 10.0.